The molecule has 0 saturated carbocycles. The van der Waals surface area contributed by atoms with E-state index < -0.39 is 0 Å². The van der Waals surface area contributed by atoms with Gasteiger partial charge in [-0.15, -0.1) is 0 Å². The standard InChI is InChI=1S/C13H18Cl3N3/c1-9-2-5-19(6-3-9)7-4-17-13-11(15)8-10(14)12(16)18-13/h8-9H,2-7H2,1H3,(H,17,18). The van der Waals surface area contributed by atoms with Gasteiger partial charge < -0.3 is 10.2 Å². The Bertz CT molecular complexity index is 431. The molecule has 0 aliphatic carbocycles. The van der Waals surface area contributed by atoms with E-state index in [1.165, 1.54) is 25.9 Å². The van der Waals surface area contributed by atoms with E-state index in [0.29, 0.717) is 15.9 Å². The second-order valence-electron chi connectivity index (χ2n) is 5.04. The van der Waals surface area contributed by atoms with Crippen LogP contribution in [0.5, 0.6) is 0 Å². The molecule has 19 heavy (non-hydrogen) atoms. The van der Waals surface area contributed by atoms with E-state index in [2.05, 4.69) is 22.1 Å². The highest BCUT2D eigenvalue weighted by atomic mass is 35.5. The van der Waals surface area contributed by atoms with Gasteiger partial charge in [0.25, 0.3) is 0 Å². The molecule has 1 saturated heterocycles. The summed E-state index contributed by atoms with van der Waals surface area (Å²) in [5, 5.41) is 4.37. The molecule has 2 heterocycles. The Morgan fingerprint density at radius 2 is 1.95 bits per heavy atom. The van der Waals surface area contributed by atoms with Crippen LogP contribution in [0.2, 0.25) is 15.2 Å². The number of pyridine rings is 1. The number of hydrogen-bond acceptors (Lipinski definition) is 3. The molecular weight excluding hydrogens is 305 g/mol. The molecule has 1 aliphatic rings. The Morgan fingerprint density at radius 3 is 2.63 bits per heavy atom. The summed E-state index contributed by atoms with van der Waals surface area (Å²) in [4.78, 5) is 6.60. The fourth-order valence-corrected chi connectivity index (χ4v) is 2.75. The summed E-state index contributed by atoms with van der Waals surface area (Å²) in [6, 6.07) is 1.61. The first-order valence-corrected chi connectivity index (χ1v) is 7.67. The number of likely N-dealkylation sites (tertiary alicyclic amines) is 1. The van der Waals surface area contributed by atoms with Crippen molar-refractivity contribution in [3.63, 3.8) is 0 Å². The summed E-state index contributed by atoms with van der Waals surface area (Å²) in [5.41, 5.74) is 0. The van der Waals surface area contributed by atoms with Crippen LogP contribution in [0.1, 0.15) is 19.8 Å². The van der Waals surface area contributed by atoms with Gasteiger partial charge in [-0.3, -0.25) is 0 Å². The summed E-state index contributed by atoms with van der Waals surface area (Å²) in [7, 11) is 0. The molecule has 0 atom stereocenters. The van der Waals surface area contributed by atoms with Crippen LogP contribution in [0, 0.1) is 5.92 Å². The lowest BCUT2D eigenvalue weighted by Gasteiger charge is -2.30. The molecule has 0 bridgehead atoms. The van der Waals surface area contributed by atoms with E-state index >= 15 is 0 Å². The highest BCUT2D eigenvalue weighted by Gasteiger charge is 2.15. The van der Waals surface area contributed by atoms with Gasteiger partial charge in [0.1, 0.15) is 11.0 Å². The van der Waals surface area contributed by atoms with Crippen molar-refractivity contribution in [1.29, 1.82) is 0 Å². The van der Waals surface area contributed by atoms with Crippen molar-refractivity contribution < 1.29 is 0 Å². The topological polar surface area (TPSA) is 28.2 Å². The van der Waals surface area contributed by atoms with E-state index in [9.17, 15) is 0 Å². The van der Waals surface area contributed by atoms with Gasteiger partial charge in [0.05, 0.1) is 10.0 Å². The second kappa shape index (κ2) is 6.98. The molecule has 6 heteroatoms. The minimum Gasteiger partial charge on any atom is -0.367 e. The summed E-state index contributed by atoms with van der Waals surface area (Å²) >= 11 is 17.8. The van der Waals surface area contributed by atoms with Crippen molar-refractivity contribution in [3.8, 4) is 0 Å². The SMILES string of the molecule is CC1CCN(CCNc2nc(Cl)c(Cl)cc2Cl)CC1. The van der Waals surface area contributed by atoms with Gasteiger partial charge in [0, 0.05) is 13.1 Å². The van der Waals surface area contributed by atoms with Crippen LogP contribution in [0.15, 0.2) is 6.07 Å². The molecule has 1 fully saturated rings. The van der Waals surface area contributed by atoms with Crippen LogP contribution >= 0.6 is 34.8 Å². The molecular formula is C13H18Cl3N3. The molecule has 0 amide bonds. The fourth-order valence-electron chi connectivity index (χ4n) is 2.19. The maximum atomic E-state index is 6.06. The van der Waals surface area contributed by atoms with Gasteiger partial charge in [-0.1, -0.05) is 41.7 Å². The number of aromatic nitrogens is 1. The smallest absolute Gasteiger partial charge is 0.150 e. The number of anilines is 1. The molecule has 0 unspecified atom stereocenters. The van der Waals surface area contributed by atoms with Gasteiger partial charge in [-0.2, -0.15) is 0 Å². The predicted molar refractivity (Wildman–Crippen MR) is 82.6 cm³/mol. The van der Waals surface area contributed by atoms with Gasteiger partial charge in [-0.25, -0.2) is 4.98 Å². The van der Waals surface area contributed by atoms with E-state index in [0.717, 1.165) is 19.0 Å². The number of nitrogens with one attached hydrogen (secondary N) is 1. The third-order valence-corrected chi connectivity index (χ3v) is 4.44. The lowest BCUT2D eigenvalue weighted by molar-refractivity contribution is 0.199. The quantitative estimate of drug-likeness (QED) is 0.843. The monoisotopic (exact) mass is 321 g/mol. The molecule has 106 valence electrons. The average molecular weight is 323 g/mol. The zero-order valence-corrected chi connectivity index (χ0v) is 13.2. The van der Waals surface area contributed by atoms with Crippen LogP contribution in [0.4, 0.5) is 5.82 Å². The maximum Gasteiger partial charge on any atom is 0.150 e. The number of rotatable bonds is 4. The Balaban J connectivity index is 1.81. The van der Waals surface area contributed by atoms with Crippen LogP contribution < -0.4 is 5.32 Å². The number of nitrogens with zero attached hydrogens (tertiary/aromatic N) is 2. The highest BCUT2D eigenvalue weighted by molar-refractivity contribution is 6.42. The van der Waals surface area contributed by atoms with Crippen molar-refractivity contribution in [3.05, 3.63) is 21.3 Å². The minimum absolute atomic E-state index is 0.278. The number of piperidine rings is 1. The third-order valence-electron chi connectivity index (χ3n) is 3.48. The molecule has 0 spiro atoms. The van der Waals surface area contributed by atoms with E-state index in [-0.39, 0.29) is 5.15 Å². The van der Waals surface area contributed by atoms with E-state index in [4.69, 9.17) is 34.8 Å². The Kier molecular flexibility index (Phi) is 5.58. The normalized spacial score (nSPS) is 17.7. The van der Waals surface area contributed by atoms with Crippen molar-refractivity contribution >= 4 is 40.6 Å². The molecule has 2 rings (SSSR count). The van der Waals surface area contributed by atoms with Gasteiger partial charge in [0.2, 0.25) is 0 Å². The third kappa shape index (κ3) is 4.38. The lowest BCUT2D eigenvalue weighted by atomic mass is 9.99. The zero-order chi connectivity index (χ0) is 13.8. The summed E-state index contributed by atoms with van der Waals surface area (Å²) in [5.74, 6) is 1.46. The first-order chi connectivity index (χ1) is 9.06. The molecule has 0 radical (unpaired) electrons. The Hall–Kier alpha value is -0.220. The maximum absolute atomic E-state index is 6.06. The van der Waals surface area contributed by atoms with Crippen LogP contribution in [-0.2, 0) is 0 Å². The molecule has 1 N–H and O–H groups in total. The molecule has 3 nitrogen and oxygen atoms in total. The number of hydrogen-bond donors (Lipinski definition) is 1. The van der Waals surface area contributed by atoms with Gasteiger partial charge >= 0.3 is 0 Å². The van der Waals surface area contributed by atoms with Crippen LogP contribution in [0.25, 0.3) is 0 Å². The zero-order valence-electron chi connectivity index (χ0n) is 10.9. The van der Waals surface area contributed by atoms with Crippen molar-refractivity contribution in [1.82, 2.24) is 9.88 Å². The Morgan fingerprint density at radius 1 is 1.26 bits per heavy atom. The Labute approximate surface area is 129 Å². The van der Waals surface area contributed by atoms with Crippen LogP contribution in [-0.4, -0.2) is 36.1 Å². The first kappa shape index (κ1) is 15.2. The summed E-state index contributed by atoms with van der Waals surface area (Å²) in [6.07, 6.45) is 2.57. The highest BCUT2D eigenvalue weighted by Crippen LogP contribution is 2.28. The van der Waals surface area contributed by atoms with Crippen LogP contribution in [0.3, 0.4) is 0 Å². The minimum atomic E-state index is 0.278. The van der Waals surface area contributed by atoms with Gasteiger partial charge in [-0.05, 0) is 37.9 Å². The lowest BCUT2D eigenvalue weighted by Crippen LogP contribution is -2.36. The van der Waals surface area contributed by atoms with Crippen molar-refractivity contribution in [2.75, 3.05) is 31.5 Å². The second-order valence-corrected chi connectivity index (χ2v) is 6.21. The summed E-state index contributed by atoms with van der Waals surface area (Å²) < 4.78 is 0. The first-order valence-electron chi connectivity index (χ1n) is 6.54. The summed E-state index contributed by atoms with van der Waals surface area (Å²) in [6.45, 7) is 6.45. The average Bonchev–Trinajstić information content (AvgIpc) is 2.38. The molecule has 1 aliphatic heterocycles. The van der Waals surface area contributed by atoms with Gasteiger partial charge in [0.15, 0.2) is 0 Å². The molecule has 1 aromatic rings. The largest absolute Gasteiger partial charge is 0.367 e. The molecule has 1 aromatic heterocycles. The van der Waals surface area contributed by atoms with E-state index in [1.807, 2.05) is 0 Å². The number of halogens is 3. The van der Waals surface area contributed by atoms with Crippen molar-refractivity contribution in [2.24, 2.45) is 5.92 Å². The fraction of sp³-hybridized carbons (Fsp3) is 0.615. The molecule has 0 aromatic carbocycles. The van der Waals surface area contributed by atoms with E-state index in [1.54, 1.807) is 6.07 Å². The predicted octanol–water partition coefficient (Wildman–Crippen LogP) is 4.19. The van der Waals surface area contributed by atoms with Crippen molar-refractivity contribution in [2.45, 2.75) is 19.8 Å².